The average Bonchev–Trinajstić information content (AvgIpc) is 3.53. The van der Waals surface area contributed by atoms with Crippen molar-refractivity contribution in [2.45, 2.75) is 44.7 Å². The van der Waals surface area contributed by atoms with Gasteiger partial charge in [0, 0.05) is 49.3 Å². The molecule has 0 spiro atoms. The third-order valence-electron chi connectivity index (χ3n) is 6.15. The van der Waals surface area contributed by atoms with Gasteiger partial charge < -0.3 is 20.1 Å². The minimum Gasteiger partial charge on any atom is -0.339 e. The summed E-state index contributed by atoms with van der Waals surface area (Å²) in [5, 5.41) is 15.0. The standard InChI is InChI=1S/C21H26N6O2/c28-20(15-1-2-15)23-17-5-3-16(4-6-17)21(29)26-10-7-14(8-11-26)19-25-24-18-13-22-9-12-27(18)19/h3-6,14-15,22H,1-2,7-13H2,(H,23,28). The second-order valence-corrected chi connectivity index (χ2v) is 8.21. The van der Waals surface area contributed by atoms with Gasteiger partial charge in [0.25, 0.3) is 5.91 Å². The number of hydrogen-bond acceptors (Lipinski definition) is 5. The Morgan fingerprint density at radius 3 is 2.48 bits per heavy atom. The number of nitrogens with one attached hydrogen (secondary N) is 2. The van der Waals surface area contributed by atoms with Gasteiger partial charge in [-0.1, -0.05) is 0 Å². The second-order valence-electron chi connectivity index (χ2n) is 8.21. The lowest BCUT2D eigenvalue weighted by molar-refractivity contribution is -0.117. The molecule has 152 valence electrons. The van der Waals surface area contributed by atoms with Crippen LogP contribution in [0.15, 0.2) is 24.3 Å². The molecule has 1 saturated heterocycles. The summed E-state index contributed by atoms with van der Waals surface area (Å²) in [5.41, 5.74) is 1.42. The van der Waals surface area contributed by atoms with E-state index in [9.17, 15) is 9.59 Å². The molecule has 1 saturated carbocycles. The van der Waals surface area contributed by atoms with E-state index >= 15 is 0 Å². The number of carbonyl (C=O) groups excluding carboxylic acids is 2. The molecule has 2 fully saturated rings. The third-order valence-corrected chi connectivity index (χ3v) is 6.15. The third kappa shape index (κ3) is 3.76. The SMILES string of the molecule is O=C(Nc1ccc(C(=O)N2CCC(c3nnc4n3CCNC4)CC2)cc1)C1CC1. The molecule has 3 aliphatic rings. The highest BCUT2D eigenvalue weighted by molar-refractivity contribution is 5.96. The largest absolute Gasteiger partial charge is 0.339 e. The molecule has 0 unspecified atom stereocenters. The van der Waals surface area contributed by atoms with E-state index in [2.05, 4.69) is 25.4 Å². The predicted octanol–water partition coefficient (Wildman–Crippen LogP) is 1.75. The van der Waals surface area contributed by atoms with Crippen LogP contribution in [0.25, 0.3) is 0 Å². The van der Waals surface area contributed by atoms with Crippen LogP contribution < -0.4 is 10.6 Å². The molecule has 3 heterocycles. The lowest BCUT2D eigenvalue weighted by Gasteiger charge is -2.32. The number of hydrogen-bond donors (Lipinski definition) is 2. The first-order chi connectivity index (χ1) is 14.2. The number of piperidine rings is 1. The molecule has 2 N–H and O–H groups in total. The maximum Gasteiger partial charge on any atom is 0.253 e. The fraction of sp³-hybridized carbons (Fsp3) is 0.524. The molecular weight excluding hydrogens is 368 g/mol. The molecule has 2 amide bonds. The maximum atomic E-state index is 12.9. The van der Waals surface area contributed by atoms with Crippen LogP contribution in [0.1, 0.15) is 53.6 Å². The lowest BCUT2D eigenvalue weighted by atomic mass is 9.95. The van der Waals surface area contributed by atoms with E-state index in [0.717, 1.165) is 75.7 Å². The number of aromatic nitrogens is 3. The van der Waals surface area contributed by atoms with Gasteiger partial charge in [-0.2, -0.15) is 0 Å². The van der Waals surface area contributed by atoms with Gasteiger partial charge in [-0.25, -0.2) is 0 Å². The Bertz CT molecular complexity index is 910. The summed E-state index contributed by atoms with van der Waals surface area (Å²) >= 11 is 0. The normalized spacial score (nSPS) is 19.7. The molecule has 0 bridgehead atoms. The number of fused-ring (bicyclic) bond motifs is 1. The Kier molecular flexibility index (Phi) is 4.79. The monoisotopic (exact) mass is 394 g/mol. The van der Waals surface area contributed by atoms with E-state index in [4.69, 9.17) is 0 Å². The van der Waals surface area contributed by atoms with Crippen molar-refractivity contribution in [1.29, 1.82) is 0 Å². The molecule has 1 aliphatic carbocycles. The molecule has 0 atom stereocenters. The van der Waals surface area contributed by atoms with Gasteiger partial charge in [0.05, 0.1) is 6.54 Å². The van der Waals surface area contributed by atoms with E-state index in [1.54, 1.807) is 12.1 Å². The first-order valence-electron chi connectivity index (χ1n) is 10.5. The van der Waals surface area contributed by atoms with E-state index in [1.165, 1.54) is 0 Å². The summed E-state index contributed by atoms with van der Waals surface area (Å²) in [5.74, 6) is 2.75. The van der Waals surface area contributed by atoms with Crippen LogP contribution in [-0.2, 0) is 17.9 Å². The van der Waals surface area contributed by atoms with Crippen molar-refractivity contribution >= 4 is 17.5 Å². The number of carbonyl (C=O) groups is 2. The summed E-state index contributed by atoms with van der Waals surface area (Å²) in [6, 6.07) is 7.24. The fourth-order valence-corrected chi connectivity index (χ4v) is 4.23. The summed E-state index contributed by atoms with van der Waals surface area (Å²) in [6.07, 6.45) is 3.78. The van der Waals surface area contributed by atoms with E-state index < -0.39 is 0 Å². The second kappa shape index (κ2) is 7.59. The Morgan fingerprint density at radius 2 is 1.76 bits per heavy atom. The van der Waals surface area contributed by atoms with Crippen molar-refractivity contribution in [2.24, 2.45) is 5.92 Å². The smallest absolute Gasteiger partial charge is 0.253 e. The van der Waals surface area contributed by atoms with E-state index in [-0.39, 0.29) is 17.7 Å². The van der Waals surface area contributed by atoms with Gasteiger partial charge >= 0.3 is 0 Å². The Balaban J connectivity index is 1.19. The van der Waals surface area contributed by atoms with Gasteiger partial charge in [0.1, 0.15) is 11.6 Å². The van der Waals surface area contributed by atoms with Gasteiger partial charge in [0.15, 0.2) is 0 Å². The zero-order valence-corrected chi connectivity index (χ0v) is 16.4. The van der Waals surface area contributed by atoms with E-state index in [1.807, 2.05) is 17.0 Å². The number of anilines is 1. The summed E-state index contributed by atoms with van der Waals surface area (Å²) in [7, 11) is 0. The fourth-order valence-electron chi connectivity index (χ4n) is 4.23. The summed E-state index contributed by atoms with van der Waals surface area (Å²) < 4.78 is 2.24. The molecule has 2 aliphatic heterocycles. The molecule has 0 radical (unpaired) electrons. The summed E-state index contributed by atoms with van der Waals surface area (Å²) in [6.45, 7) is 4.10. The lowest BCUT2D eigenvalue weighted by Crippen LogP contribution is -2.38. The minimum absolute atomic E-state index is 0.0518. The van der Waals surface area contributed by atoms with Gasteiger partial charge in [-0.15, -0.1) is 10.2 Å². The van der Waals surface area contributed by atoms with Crippen LogP contribution in [0.3, 0.4) is 0 Å². The highest BCUT2D eigenvalue weighted by atomic mass is 16.2. The first kappa shape index (κ1) is 18.3. The topological polar surface area (TPSA) is 92.2 Å². The zero-order chi connectivity index (χ0) is 19.8. The van der Waals surface area contributed by atoms with Gasteiger partial charge in [0.2, 0.25) is 5.91 Å². The maximum absolute atomic E-state index is 12.9. The molecule has 5 rings (SSSR count). The molecular formula is C21H26N6O2. The molecule has 1 aromatic carbocycles. The van der Waals surface area contributed by atoms with Crippen molar-refractivity contribution in [1.82, 2.24) is 25.0 Å². The highest BCUT2D eigenvalue weighted by Gasteiger charge is 2.30. The Labute approximate surface area is 169 Å². The Hall–Kier alpha value is -2.74. The van der Waals surface area contributed by atoms with Crippen molar-refractivity contribution in [3.8, 4) is 0 Å². The van der Waals surface area contributed by atoms with Crippen LogP contribution in [0.5, 0.6) is 0 Å². The molecule has 2 aromatic rings. The number of likely N-dealkylation sites (tertiary alicyclic amines) is 1. The number of amides is 2. The van der Waals surface area contributed by atoms with Crippen LogP contribution in [0.2, 0.25) is 0 Å². The number of nitrogens with zero attached hydrogens (tertiary/aromatic N) is 4. The Morgan fingerprint density at radius 1 is 1.00 bits per heavy atom. The van der Waals surface area contributed by atoms with Crippen molar-refractivity contribution in [3.05, 3.63) is 41.5 Å². The van der Waals surface area contributed by atoms with Crippen LogP contribution in [0, 0.1) is 5.92 Å². The minimum atomic E-state index is 0.0518. The number of benzene rings is 1. The molecule has 29 heavy (non-hydrogen) atoms. The van der Waals surface area contributed by atoms with Crippen molar-refractivity contribution in [3.63, 3.8) is 0 Å². The molecule has 1 aromatic heterocycles. The molecule has 8 heteroatoms. The summed E-state index contributed by atoms with van der Waals surface area (Å²) in [4.78, 5) is 26.7. The van der Waals surface area contributed by atoms with Crippen molar-refractivity contribution < 1.29 is 9.59 Å². The highest BCUT2D eigenvalue weighted by Crippen LogP contribution is 2.31. The van der Waals surface area contributed by atoms with Crippen LogP contribution in [-0.4, -0.2) is 51.1 Å². The first-order valence-corrected chi connectivity index (χ1v) is 10.5. The molecule has 8 nitrogen and oxygen atoms in total. The quantitative estimate of drug-likeness (QED) is 0.824. The van der Waals surface area contributed by atoms with Crippen molar-refractivity contribution in [2.75, 3.05) is 25.0 Å². The average molecular weight is 394 g/mol. The van der Waals surface area contributed by atoms with E-state index in [0.29, 0.717) is 11.5 Å². The van der Waals surface area contributed by atoms with Crippen LogP contribution >= 0.6 is 0 Å². The van der Waals surface area contributed by atoms with Gasteiger partial charge in [-0.05, 0) is 49.9 Å². The number of rotatable bonds is 4. The zero-order valence-electron chi connectivity index (χ0n) is 16.4. The van der Waals surface area contributed by atoms with Crippen LogP contribution in [0.4, 0.5) is 5.69 Å². The predicted molar refractivity (Wildman–Crippen MR) is 107 cm³/mol. The van der Waals surface area contributed by atoms with Gasteiger partial charge in [-0.3, -0.25) is 9.59 Å².